The summed E-state index contributed by atoms with van der Waals surface area (Å²) in [5, 5.41) is 5.51. The monoisotopic (exact) mass is 591 g/mol. The third kappa shape index (κ3) is 4.26. The molecule has 8 rings (SSSR count). The van der Waals surface area contributed by atoms with E-state index in [0.717, 1.165) is 38.8 Å². The van der Waals surface area contributed by atoms with Crippen LogP contribution in [0.5, 0.6) is 0 Å². The zero-order valence-corrected chi connectivity index (χ0v) is 27.2. The molecule has 8 aromatic rings. The van der Waals surface area contributed by atoms with E-state index >= 15 is 0 Å². The largest absolute Gasteiger partial charge is 0.455 e. The molecular formula is C36H28B6ClNO. The summed E-state index contributed by atoms with van der Waals surface area (Å²) in [6.07, 6.45) is 0. The van der Waals surface area contributed by atoms with Crippen molar-refractivity contribution in [2.24, 2.45) is 0 Å². The molecule has 0 saturated carbocycles. The van der Waals surface area contributed by atoms with E-state index in [4.69, 9.17) is 16.0 Å². The summed E-state index contributed by atoms with van der Waals surface area (Å²) >= 11 is 6.46. The first-order valence-corrected chi connectivity index (χ1v) is 15.9. The highest BCUT2D eigenvalue weighted by molar-refractivity contribution is 6.62. The van der Waals surface area contributed by atoms with Crippen molar-refractivity contribution < 1.29 is 4.42 Å². The maximum absolute atomic E-state index is 6.64. The van der Waals surface area contributed by atoms with Crippen LogP contribution in [-0.4, -0.2) is 51.6 Å². The predicted octanol–water partition coefficient (Wildman–Crippen LogP) is 0.221. The second kappa shape index (κ2) is 10.3. The summed E-state index contributed by atoms with van der Waals surface area (Å²) in [6.45, 7) is 0. The molecule has 45 heavy (non-hydrogen) atoms. The molecule has 0 radical (unpaired) electrons. The van der Waals surface area contributed by atoms with E-state index in [2.05, 4.69) is 137 Å². The maximum Gasteiger partial charge on any atom is 0.143 e. The summed E-state index contributed by atoms with van der Waals surface area (Å²) in [6, 6.07) is 34.6. The topological polar surface area (TPSA) is 18.1 Å². The van der Waals surface area contributed by atoms with Gasteiger partial charge in [-0.05, 0) is 57.8 Å². The van der Waals surface area contributed by atoms with Gasteiger partial charge >= 0.3 is 0 Å². The van der Waals surface area contributed by atoms with Gasteiger partial charge < -0.3 is 8.98 Å². The van der Waals surface area contributed by atoms with Crippen molar-refractivity contribution in [1.29, 1.82) is 0 Å². The lowest BCUT2D eigenvalue weighted by atomic mass is 9.71. The first kappa shape index (κ1) is 28.1. The lowest BCUT2D eigenvalue weighted by molar-refractivity contribution is 0.670. The Hall–Kier alpha value is -4.40. The van der Waals surface area contributed by atoms with Crippen molar-refractivity contribution in [3.63, 3.8) is 0 Å². The number of benzene rings is 6. The molecular weight excluding hydrogens is 563 g/mol. The van der Waals surface area contributed by atoms with E-state index in [1.165, 1.54) is 65.7 Å². The smallest absolute Gasteiger partial charge is 0.143 e. The third-order valence-electron chi connectivity index (χ3n) is 9.78. The molecule has 0 fully saturated rings. The van der Waals surface area contributed by atoms with Crippen LogP contribution in [0.3, 0.4) is 0 Å². The minimum atomic E-state index is 0.666. The number of nitrogens with zero attached hydrogens (tertiary/aromatic N) is 1. The van der Waals surface area contributed by atoms with Crippen LogP contribution >= 0.6 is 11.6 Å². The molecule has 0 spiro atoms. The second-order valence-electron chi connectivity index (χ2n) is 12.6. The number of hydrogen-bond acceptors (Lipinski definition) is 1. The minimum Gasteiger partial charge on any atom is -0.455 e. The van der Waals surface area contributed by atoms with E-state index in [1.807, 2.05) is 12.1 Å². The lowest BCUT2D eigenvalue weighted by Gasteiger charge is -2.15. The number of halogens is 1. The van der Waals surface area contributed by atoms with Gasteiger partial charge in [0.25, 0.3) is 0 Å². The molecule has 0 amide bonds. The summed E-state index contributed by atoms with van der Waals surface area (Å²) in [5.74, 6) is 0. The van der Waals surface area contributed by atoms with Gasteiger partial charge in [-0.3, -0.25) is 0 Å². The van der Waals surface area contributed by atoms with Gasteiger partial charge in [-0.1, -0.05) is 105 Å². The van der Waals surface area contributed by atoms with Crippen LogP contribution in [0.25, 0.3) is 71.7 Å². The van der Waals surface area contributed by atoms with Gasteiger partial charge in [0.1, 0.15) is 58.2 Å². The Morgan fingerprint density at radius 3 is 1.82 bits per heavy atom. The SMILES string of the molecule is Bc1cc(B)c2c(c1B)c1c(B)c(B)cc(B)c1n2-c1cc(-c2cccc(-c3ccccc3)c2)c2oc3cc(Cl)ccc3c2c1. The van der Waals surface area contributed by atoms with Crippen LogP contribution in [0.15, 0.2) is 101 Å². The average molecular weight is 591 g/mol. The van der Waals surface area contributed by atoms with Gasteiger partial charge in [0.05, 0.1) is 0 Å². The van der Waals surface area contributed by atoms with Crippen LogP contribution in [0.2, 0.25) is 5.02 Å². The fraction of sp³-hybridized carbons (Fsp3) is 0. The Kier molecular flexibility index (Phi) is 6.45. The highest BCUT2D eigenvalue weighted by atomic mass is 35.5. The predicted molar refractivity (Wildman–Crippen MR) is 213 cm³/mol. The fourth-order valence-electron chi connectivity index (χ4n) is 7.38. The molecule has 6 aromatic carbocycles. The van der Waals surface area contributed by atoms with E-state index in [1.54, 1.807) is 0 Å². The second-order valence-corrected chi connectivity index (χ2v) is 13.0. The summed E-state index contributed by atoms with van der Waals surface area (Å²) in [4.78, 5) is 0. The standard InChI is InChI=1S/C36H28B6ClNO/c37-25-15-27(39)34-30(32(25)41)31-33(42)26(38)16-28(40)35(31)44(34)21-13-23(19-8-4-7-18(11-19)17-5-2-1-3-6-17)36-24(14-21)22-10-9-20(43)12-29(22)45-36/h1-16H,37-42H2. The quantitative estimate of drug-likeness (QED) is 0.270. The Morgan fingerprint density at radius 1 is 0.533 bits per heavy atom. The van der Waals surface area contributed by atoms with Crippen molar-refractivity contribution in [2.75, 3.05) is 0 Å². The molecule has 0 atom stereocenters. The van der Waals surface area contributed by atoms with Crippen molar-refractivity contribution in [3.8, 4) is 27.9 Å². The molecule has 208 valence electrons. The number of furan rings is 1. The zero-order chi connectivity index (χ0) is 31.1. The Labute approximate surface area is 273 Å². The summed E-state index contributed by atoms with van der Waals surface area (Å²) in [5.41, 5.74) is 17.7. The molecule has 2 heterocycles. The summed E-state index contributed by atoms with van der Waals surface area (Å²) < 4.78 is 9.14. The number of rotatable bonds is 3. The molecule has 0 N–H and O–H groups in total. The van der Waals surface area contributed by atoms with Crippen LogP contribution in [0, 0.1) is 0 Å². The normalized spacial score (nSPS) is 11.8. The minimum absolute atomic E-state index is 0.666. The summed E-state index contributed by atoms with van der Waals surface area (Å²) in [7, 11) is 13.5. The first-order valence-electron chi connectivity index (χ1n) is 15.5. The molecule has 0 aliphatic carbocycles. The van der Waals surface area contributed by atoms with Crippen molar-refractivity contribution in [1.82, 2.24) is 4.57 Å². The van der Waals surface area contributed by atoms with Gasteiger partial charge in [0.15, 0.2) is 0 Å². The molecule has 0 bridgehead atoms. The van der Waals surface area contributed by atoms with Gasteiger partial charge in [-0.15, -0.1) is 0 Å². The Balaban J connectivity index is 1.54. The number of aromatic nitrogens is 1. The van der Waals surface area contributed by atoms with Crippen molar-refractivity contribution >= 4 is 135 Å². The van der Waals surface area contributed by atoms with Crippen molar-refractivity contribution in [2.45, 2.75) is 0 Å². The molecule has 0 aliphatic heterocycles. The molecule has 9 heteroatoms. The molecule has 0 saturated heterocycles. The van der Waals surface area contributed by atoms with Crippen LogP contribution in [-0.2, 0) is 0 Å². The van der Waals surface area contributed by atoms with E-state index in [-0.39, 0.29) is 0 Å². The van der Waals surface area contributed by atoms with Gasteiger partial charge in [0, 0.05) is 44.1 Å². The van der Waals surface area contributed by atoms with E-state index < -0.39 is 0 Å². The van der Waals surface area contributed by atoms with Gasteiger partial charge in [-0.25, -0.2) is 0 Å². The van der Waals surface area contributed by atoms with Crippen LogP contribution < -0.4 is 32.8 Å². The van der Waals surface area contributed by atoms with Crippen LogP contribution in [0.1, 0.15) is 0 Å². The first-order chi connectivity index (χ1) is 21.7. The molecule has 2 nitrogen and oxygen atoms in total. The highest BCUT2D eigenvalue weighted by Crippen LogP contribution is 2.41. The van der Waals surface area contributed by atoms with Gasteiger partial charge in [-0.2, -0.15) is 0 Å². The average Bonchev–Trinajstić information content (AvgIpc) is 3.59. The van der Waals surface area contributed by atoms with Gasteiger partial charge in [0.2, 0.25) is 0 Å². The Bertz CT molecular complexity index is 2450. The number of fused-ring (bicyclic) bond motifs is 6. The zero-order valence-electron chi connectivity index (χ0n) is 26.5. The molecule has 0 unspecified atom stereocenters. The number of hydrogen-bond donors (Lipinski definition) is 0. The fourth-order valence-corrected chi connectivity index (χ4v) is 7.54. The molecule has 0 aliphatic rings. The maximum atomic E-state index is 6.64. The molecule has 2 aromatic heterocycles. The lowest BCUT2D eigenvalue weighted by Crippen LogP contribution is -2.33. The Morgan fingerprint density at radius 2 is 1.16 bits per heavy atom. The highest BCUT2D eigenvalue weighted by Gasteiger charge is 2.23. The third-order valence-corrected chi connectivity index (χ3v) is 10.0. The van der Waals surface area contributed by atoms with E-state index in [0.29, 0.717) is 5.02 Å². The van der Waals surface area contributed by atoms with Crippen molar-refractivity contribution in [3.05, 3.63) is 102 Å². The van der Waals surface area contributed by atoms with Crippen LogP contribution in [0.4, 0.5) is 0 Å². The van der Waals surface area contributed by atoms with E-state index in [9.17, 15) is 0 Å².